The van der Waals surface area contributed by atoms with E-state index in [9.17, 15) is 4.79 Å². The topological polar surface area (TPSA) is 58.4 Å². The molecule has 2 unspecified atom stereocenters. The van der Waals surface area contributed by atoms with Gasteiger partial charge in [0.05, 0.1) is 0 Å². The van der Waals surface area contributed by atoms with Crippen LogP contribution in [0, 0.1) is 5.92 Å². The Morgan fingerprint density at radius 3 is 2.58 bits per heavy atom. The summed E-state index contributed by atoms with van der Waals surface area (Å²) in [6.45, 7) is 5.72. The van der Waals surface area contributed by atoms with E-state index in [0.717, 1.165) is 45.2 Å². The average molecular weight is 267 g/mol. The molecule has 0 aromatic carbocycles. The number of nitrogens with one attached hydrogen (secondary N) is 1. The highest BCUT2D eigenvalue weighted by Crippen LogP contribution is 2.24. The summed E-state index contributed by atoms with van der Waals surface area (Å²) in [7, 11) is 0. The van der Waals surface area contributed by atoms with Gasteiger partial charge < -0.3 is 16.0 Å². The number of hydrogen-bond acceptors (Lipinski definition) is 3. The number of piperidine rings is 1. The predicted octanol–water partition coefficient (Wildman–Crippen LogP) is 1.49. The lowest BCUT2D eigenvalue weighted by molar-refractivity contribution is -0.125. The van der Waals surface area contributed by atoms with Crippen molar-refractivity contribution < 1.29 is 4.79 Å². The molecule has 0 radical (unpaired) electrons. The molecular weight excluding hydrogens is 238 g/mol. The van der Waals surface area contributed by atoms with Crippen LogP contribution in [0.3, 0.4) is 0 Å². The Hall–Kier alpha value is -0.610. The molecule has 0 bridgehead atoms. The quantitative estimate of drug-likeness (QED) is 0.793. The Labute approximate surface area is 117 Å². The average Bonchev–Trinajstić information content (AvgIpc) is 2.85. The summed E-state index contributed by atoms with van der Waals surface area (Å²) < 4.78 is 0. The van der Waals surface area contributed by atoms with Crippen LogP contribution < -0.4 is 11.1 Å². The van der Waals surface area contributed by atoms with Crippen molar-refractivity contribution in [2.45, 2.75) is 64.0 Å². The van der Waals surface area contributed by atoms with E-state index in [0.29, 0.717) is 6.04 Å². The smallest absolute Gasteiger partial charge is 0.223 e. The molecule has 2 aliphatic rings. The van der Waals surface area contributed by atoms with Gasteiger partial charge in [-0.3, -0.25) is 4.79 Å². The predicted molar refractivity (Wildman–Crippen MR) is 77.8 cm³/mol. The minimum atomic E-state index is 0.174. The van der Waals surface area contributed by atoms with Gasteiger partial charge in [-0.2, -0.15) is 0 Å². The van der Waals surface area contributed by atoms with E-state index in [1.54, 1.807) is 0 Å². The van der Waals surface area contributed by atoms with Crippen LogP contribution in [0.25, 0.3) is 0 Å². The van der Waals surface area contributed by atoms with Crippen LogP contribution in [-0.4, -0.2) is 42.5 Å². The molecule has 1 saturated carbocycles. The van der Waals surface area contributed by atoms with Gasteiger partial charge in [-0.05, 0) is 45.1 Å². The second-order valence-electron chi connectivity index (χ2n) is 6.25. The fraction of sp³-hybridized carbons (Fsp3) is 0.933. The number of hydrogen-bond donors (Lipinski definition) is 2. The van der Waals surface area contributed by atoms with Gasteiger partial charge in [0, 0.05) is 31.1 Å². The molecule has 4 nitrogen and oxygen atoms in total. The molecule has 1 aliphatic carbocycles. The molecule has 0 aromatic rings. The van der Waals surface area contributed by atoms with Gasteiger partial charge in [0.25, 0.3) is 0 Å². The fourth-order valence-corrected chi connectivity index (χ4v) is 3.26. The lowest BCUT2D eigenvalue weighted by Crippen LogP contribution is -2.46. The Balaban J connectivity index is 1.66. The van der Waals surface area contributed by atoms with Crippen molar-refractivity contribution in [1.82, 2.24) is 10.2 Å². The highest BCUT2D eigenvalue weighted by molar-refractivity contribution is 5.79. The molecule has 2 fully saturated rings. The van der Waals surface area contributed by atoms with Crippen LogP contribution in [0.15, 0.2) is 0 Å². The van der Waals surface area contributed by atoms with Crippen molar-refractivity contribution in [3.8, 4) is 0 Å². The molecule has 1 saturated heterocycles. The summed E-state index contributed by atoms with van der Waals surface area (Å²) in [6, 6.07) is 0.633. The first-order chi connectivity index (χ1) is 9.19. The number of rotatable bonds is 5. The van der Waals surface area contributed by atoms with E-state index >= 15 is 0 Å². The number of amides is 1. The first-order valence-corrected chi connectivity index (χ1v) is 7.97. The molecule has 2 rings (SSSR count). The molecule has 19 heavy (non-hydrogen) atoms. The maximum absolute atomic E-state index is 12.1. The van der Waals surface area contributed by atoms with Crippen molar-refractivity contribution in [2.75, 3.05) is 19.6 Å². The minimum Gasteiger partial charge on any atom is -0.353 e. The van der Waals surface area contributed by atoms with Crippen molar-refractivity contribution in [3.63, 3.8) is 0 Å². The first-order valence-electron chi connectivity index (χ1n) is 7.97. The number of carbonyl (C=O) groups excluding carboxylic acids is 1. The van der Waals surface area contributed by atoms with Gasteiger partial charge in [0.2, 0.25) is 5.91 Å². The van der Waals surface area contributed by atoms with Crippen molar-refractivity contribution in [1.29, 1.82) is 0 Å². The fourth-order valence-electron chi connectivity index (χ4n) is 3.26. The summed E-state index contributed by atoms with van der Waals surface area (Å²) >= 11 is 0. The summed E-state index contributed by atoms with van der Waals surface area (Å²) in [5, 5.41) is 3.24. The number of unbranched alkanes of at least 4 members (excludes halogenated alkanes) is 1. The molecular formula is C15H29N3O. The number of nitrogens with zero attached hydrogens (tertiary/aromatic N) is 1. The third kappa shape index (κ3) is 4.46. The van der Waals surface area contributed by atoms with E-state index < -0.39 is 0 Å². The van der Waals surface area contributed by atoms with Crippen molar-refractivity contribution in [3.05, 3.63) is 0 Å². The highest BCUT2D eigenvalue weighted by Gasteiger charge is 2.29. The van der Waals surface area contributed by atoms with Crippen molar-refractivity contribution >= 4 is 5.91 Å². The van der Waals surface area contributed by atoms with Crippen LogP contribution in [-0.2, 0) is 4.79 Å². The van der Waals surface area contributed by atoms with E-state index in [1.165, 1.54) is 19.4 Å². The van der Waals surface area contributed by atoms with Crippen molar-refractivity contribution in [2.24, 2.45) is 11.7 Å². The Morgan fingerprint density at radius 2 is 2.00 bits per heavy atom. The largest absolute Gasteiger partial charge is 0.353 e. The molecule has 0 aromatic heterocycles. The summed E-state index contributed by atoms with van der Waals surface area (Å²) in [5.41, 5.74) is 5.87. The molecule has 110 valence electrons. The molecule has 1 aliphatic heterocycles. The van der Waals surface area contributed by atoms with E-state index in [1.807, 2.05) is 0 Å². The zero-order valence-corrected chi connectivity index (χ0v) is 12.2. The monoisotopic (exact) mass is 267 g/mol. The minimum absolute atomic E-state index is 0.174. The van der Waals surface area contributed by atoms with Gasteiger partial charge in [-0.25, -0.2) is 0 Å². The van der Waals surface area contributed by atoms with Gasteiger partial charge in [0.1, 0.15) is 0 Å². The summed E-state index contributed by atoms with van der Waals surface area (Å²) in [6.07, 6.45) is 7.62. The summed E-state index contributed by atoms with van der Waals surface area (Å²) in [5.74, 6) is 0.424. The molecule has 1 amide bonds. The molecule has 1 heterocycles. The third-order valence-electron chi connectivity index (χ3n) is 4.61. The second kappa shape index (κ2) is 7.25. The molecule has 4 heteroatoms. The number of likely N-dealkylation sites (tertiary alicyclic amines) is 1. The van der Waals surface area contributed by atoms with E-state index in [2.05, 4.69) is 17.1 Å². The van der Waals surface area contributed by atoms with E-state index in [4.69, 9.17) is 5.73 Å². The standard InChI is InChI=1S/C15H29N3O/c1-2-3-8-18-9-6-14(7-10-18)17-15(19)12-4-5-13(16)11-12/h12-14H,2-11,16H2,1H3,(H,17,19). The van der Waals surface area contributed by atoms with Crippen LogP contribution in [0.1, 0.15) is 51.9 Å². The zero-order valence-electron chi connectivity index (χ0n) is 12.2. The first kappa shape index (κ1) is 14.8. The van der Waals surface area contributed by atoms with E-state index in [-0.39, 0.29) is 17.9 Å². The number of nitrogens with two attached hydrogens (primary N) is 1. The van der Waals surface area contributed by atoms with Gasteiger partial charge in [-0.15, -0.1) is 0 Å². The lowest BCUT2D eigenvalue weighted by atomic mass is 10.0. The van der Waals surface area contributed by atoms with Gasteiger partial charge >= 0.3 is 0 Å². The maximum atomic E-state index is 12.1. The lowest BCUT2D eigenvalue weighted by Gasteiger charge is -2.32. The maximum Gasteiger partial charge on any atom is 0.223 e. The van der Waals surface area contributed by atoms with Crippen LogP contribution >= 0.6 is 0 Å². The van der Waals surface area contributed by atoms with Crippen LogP contribution in [0.5, 0.6) is 0 Å². The third-order valence-corrected chi connectivity index (χ3v) is 4.61. The zero-order chi connectivity index (χ0) is 13.7. The molecule has 3 N–H and O–H groups in total. The molecule has 2 atom stereocenters. The Kier molecular flexibility index (Phi) is 5.64. The van der Waals surface area contributed by atoms with Crippen LogP contribution in [0.4, 0.5) is 0 Å². The Morgan fingerprint density at radius 1 is 1.26 bits per heavy atom. The normalized spacial score (nSPS) is 29.6. The highest BCUT2D eigenvalue weighted by atomic mass is 16.1. The molecule has 0 spiro atoms. The summed E-state index contributed by atoms with van der Waals surface area (Å²) in [4.78, 5) is 14.7. The van der Waals surface area contributed by atoms with Gasteiger partial charge in [0.15, 0.2) is 0 Å². The second-order valence-corrected chi connectivity index (χ2v) is 6.25. The number of carbonyl (C=O) groups is 1. The van der Waals surface area contributed by atoms with Gasteiger partial charge in [-0.1, -0.05) is 13.3 Å². The Bertz CT molecular complexity index is 287. The van der Waals surface area contributed by atoms with Crippen LogP contribution in [0.2, 0.25) is 0 Å². The SMILES string of the molecule is CCCCN1CCC(NC(=O)C2CCC(N)C2)CC1.